The van der Waals surface area contributed by atoms with Gasteiger partial charge >= 0.3 is 0 Å². The molecule has 2 aliphatic heterocycles. The second-order valence-electron chi connectivity index (χ2n) is 12.3. The summed E-state index contributed by atoms with van der Waals surface area (Å²) >= 11 is 0. The molecule has 0 bridgehead atoms. The van der Waals surface area contributed by atoms with Gasteiger partial charge in [0.15, 0.2) is 11.5 Å². The predicted molar refractivity (Wildman–Crippen MR) is 191 cm³/mol. The lowest BCUT2D eigenvalue weighted by atomic mass is 10.0. The lowest BCUT2D eigenvalue weighted by Crippen LogP contribution is -2.37. The molecule has 0 aliphatic carbocycles. The van der Waals surface area contributed by atoms with E-state index in [-0.39, 0.29) is 11.8 Å². The van der Waals surface area contributed by atoms with Crippen molar-refractivity contribution in [3.63, 3.8) is 0 Å². The lowest BCUT2D eigenvalue weighted by Gasteiger charge is -2.27. The zero-order valence-corrected chi connectivity index (χ0v) is 28.0. The quantitative estimate of drug-likeness (QED) is 0.152. The van der Waals surface area contributed by atoms with Gasteiger partial charge in [-0.15, -0.1) is 0 Å². The van der Waals surface area contributed by atoms with Crippen molar-refractivity contribution in [3.05, 3.63) is 120 Å². The van der Waals surface area contributed by atoms with Gasteiger partial charge in [0, 0.05) is 55.4 Å². The highest BCUT2D eigenvalue weighted by molar-refractivity contribution is 6.04. The van der Waals surface area contributed by atoms with Crippen LogP contribution in [0.3, 0.4) is 0 Å². The zero-order chi connectivity index (χ0) is 34.3. The first-order chi connectivity index (χ1) is 24.6. The monoisotopic (exact) mass is 672 g/mol. The van der Waals surface area contributed by atoms with Crippen LogP contribution in [0.4, 0.5) is 11.5 Å². The number of hydrogen-bond donors (Lipinski definition) is 2. The van der Waals surface area contributed by atoms with E-state index in [9.17, 15) is 9.59 Å². The number of anilines is 2. The Kier molecular flexibility index (Phi) is 10.1. The maximum Gasteiger partial charge on any atom is 0.255 e. The number of carbonyl (C=O) groups is 2. The highest BCUT2D eigenvalue weighted by atomic mass is 16.5. The van der Waals surface area contributed by atoms with Crippen LogP contribution in [-0.2, 0) is 22.6 Å². The molecule has 2 aliphatic rings. The molecule has 50 heavy (non-hydrogen) atoms. The second kappa shape index (κ2) is 15.4. The fourth-order valence-electron chi connectivity index (χ4n) is 6.52. The van der Waals surface area contributed by atoms with E-state index in [0.717, 1.165) is 66.9 Å². The van der Waals surface area contributed by atoms with E-state index in [1.165, 1.54) is 6.33 Å². The van der Waals surface area contributed by atoms with Gasteiger partial charge in [0.25, 0.3) is 11.8 Å². The number of nitrogens with one attached hydrogen (secondary N) is 2. The van der Waals surface area contributed by atoms with Gasteiger partial charge in [-0.2, -0.15) is 0 Å². The van der Waals surface area contributed by atoms with E-state index >= 15 is 0 Å². The molecule has 0 saturated carbocycles. The molecular weight excluding hydrogens is 632 g/mol. The van der Waals surface area contributed by atoms with Crippen LogP contribution in [0, 0.1) is 0 Å². The zero-order valence-electron chi connectivity index (χ0n) is 28.0. The third-order valence-corrected chi connectivity index (χ3v) is 9.08. The first-order valence-electron chi connectivity index (χ1n) is 16.9. The molecule has 11 heteroatoms. The molecule has 2 amide bonds. The highest BCUT2D eigenvalue weighted by Crippen LogP contribution is 2.35. The van der Waals surface area contributed by atoms with Crippen LogP contribution < -0.4 is 20.1 Å². The number of ether oxygens (including phenoxy) is 3. The van der Waals surface area contributed by atoms with Crippen LogP contribution in [0.5, 0.6) is 11.5 Å². The Bertz CT molecular complexity index is 1970. The van der Waals surface area contributed by atoms with Gasteiger partial charge in [0.05, 0.1) is 32.4 Å². The number of carbonyl (C=O) groups excluding carboxylic acids is 2. The van der Waals surface area contributed by atoms with Gasteiger partial charge in [-0.3, -0.25) is 14.5 Å². The Morgan fingerprint density at radius 3 is 2.58 bits per heavy atom. The summed E-state index contributed by atoms with van der Waals surface area (Å²) in [7, 11) is 1.62. The van der Waals surface area contributed by atoms with E-state index in [0.29, 0.717) is 48.3 Å². The molecule has 11 nitrogen and oxygen atoms in total. The number of amides is 2. The molecule has 7 rings (SSSR count). The average molecular weight is 673 g/mol. The van der Waals surface area contributed by atoms with Crippen LogP contribution in [0.25, 0.3) is 10.9 Å². The van der Waals surface area contributed by atoms with Crippen molar-refractivity contribution < 1.29 is 23.8 Å². The average Bonchev–Trinajstić information content (AvgIpc) is 3.48. The largest absolute Gasteiger partial charge is 0.493 e. The summed E-state index contributed by atoms with van der Waals surface area (Å²) in [5.41, 5.74) is 4.58. The van der Waals surface area contributed by atoms with Gasteiger partial charge in [0.1, 0.15) is 18.2 Å². The summed E-state index contributed by atoms with van der Waals surface area (Å²) in [6.45, 7) is 5.77. The smallest absolute Gasteiger partial charge is 0.255 e. The van der Waals surface area contributed by atoms with Crippen molar-refractivity contribution in [3.8, 4) is 11.5 Å². The fraction of sp³-hybridized carbons (Fsp3) is 0.282. The Labute approximate surface area is 291 Å². The molecule has 1 fully saturated rings. The van der Waals surface area contributed by atoms with Crippen LogP contribution in [-0.4, -0.2) is 78.1 Å². The second-order valence-corrected chi connectivity index (χ2v) is 12.3. The number of nitrogens with zero attached hydrogens (tertiary/aromatic N) is 4. The van der Waals surface area contributed by atoms with E-state index in [4.69, 9.17) is 14.2 Å². The van der Waals surface area contributed by atoms with E-state index in [1.54, 1.807) is 12.0 Å². The molecule has 3 heterocycles. The number of benzene rings is 4. The van der Waals surface area contributed by atoms with Crippen molar-refractivity contribution in [1.29, 1.82) is 0 Å². The molecule has 5 aromatic rings. The first kappa shape index (κ1) is 33.0. The molecule has 0 spiro atoms. The third kappa shape index (κ3) is 7.39. The Hall–Kier alpha value is -5.52. The van der Waals surface area contributed by atoms with Crippen LogP contribution in [0.15, 0.2) is 97.3 Å². The van der Waals surface area contributed by atoms with E-state index in [2.05, 4.69) is 25.5 Å². The van der Waals surface area contributed by atoms with Crippen molar-refractivity contribution in [2.75, 3.05) is 57.2 Å². The Morgan fingerprint density at radius 2 is 1.76 bits per heavy atom. The van der Waals surface area contributed by atoms with E-state index < -0.39 is 6.04 Å². The van der Waals surface area contributed by atoms with Crippen LogP contribution in [0.2, 0.25) is 0 Å². The number of morpholine rings is 1. The van der Waals surface area contributed by atoms with Crippen molar-refractivity contribution in [2.24, 2.45) is 0 Å². The lowest BCUT2D eigenvalue weighted by molar-refractivity contribution is -0.120. The fourth-order valence-corrected chi connectivity index (χ4v) is 6.52. The van der Waals surface area contributed by atoms with Crippen molar-refractivity contribution >= 4 is 34.2 Å². The molecule has 4 aromatic carbocycles. The van der Waals surface area contributed by atoms with E-state index in [1.807, 2.05) is 91.0 Å². The number of fused-ring (bicyclic) bond motifs is 2. The molecule has 1 atom stereocenters. The summed E-state index contributed by atoms with van der Waals surface area (Å²) in [4.78, 5) is 40.4. The normalized spacial score (nSPS) is 15.1. The van der Waals surface area contributed by atoms with Gasteiger partial charge in [-0.25, -0.2) is 9.97 Å². The van der Waals surface area contributed by atoms with Gasteiger partial charge in [-0.1, -0.05) is 60.7 Å². The highest BCUT2D eigenvalue weighted by Gasteiger charge is 2.37. The van der Waals surface area contributed by atoms with Crippen LogP contribution in [0.1, 0.15) is 39.5 Å². The summed E-state index contributed by atoms with van der Waals surface area (Å²) in [5.74, 6) is 1.47. The van der Waals surface area contributed by atoms with Crippen molar-refractivity contribution in [1.82, 2.24) is 19.8 Å². The van der Waals surface area contributed by atoms with Crippen molar-refractivity contribution in [2.45, 2.75) is 25.6 Å². The standard InChI is InChI=1S/C39H40N6O5/c1-48-34-23-33-32(22-35(34)50-18-8-15-44-16-19-49-20-17-44)37(42-26-41-33)40-24-27-9-7-13-30(21-27)43-38(46)36(28-10-3-2-4-11-28)45-25-29-12-5-6-14-31(29)39(45)47/h2-7,9-14,21-23,26,36H,8,15-20,24-25H2,1H3,(H,43,46)(H,40,41,42). The number of methoxy groups -OCH3 is 1. The SMILES string of the molecule is COc1cc2ncnc(NCc3cccc(NC(=O)C(c4ccccc4)N4Cc5ccccc5C4=O)c3)c2cc1OCCCN1CCOCC1. The molecular formula is C39H40N6O5. The third-order valence-electron chi connectivity index (χ3n) is 9.08. The summed E-state index contributed by atoms with van der Waals surface area (Å²) in [6.07, 6.45) is 2.41. The van der Waals surface area contributed by atoms with Gasteiger partial charge in [-0.05, 0) is 47.4 Å². The predicted octanol–water partition coefficient (Wildman–Crippen LogP) is 5.69. The number of aromatic nitrogens is 2. The number of hydrogen-bond acceptors (Lipinski definition) is 9. The summed E-state index contributed by atoms with van der Waals surface area (Å²) < 4.78 is 17.2. The molecule has 256 valence electrons. The summed E-state index contributed by atoms with van der Waals surface area (Å²) in [6, 6.07) is 27.6. The topological polar surface area (TPSA) is 118 Å². The van der Waals surface area contributed by atoms with Gasteiger partial charge < -0.3 is 29.7 Å². The Morgan fingerprint density at radius 1 is 0.940 bits per heavy atom. The number of rotatable bonds is 13. The molecule has 1 unspecified atom stereocenters. The van der Waals surface area contributed by atoms with Crippen LogP contribution >= 0.6 is 0 Å². The first-order valence-corrected chi connectivity index (χ1v) is 16.9. The minimum atomic E-state index is -0.793. The summed E-state index contributed by atoms with van der Waals surface area (Å²) in [5, 5.41) is 7.32. The molecule has 1 aromatic heterocycles. The maximum absolute atomic E-state index is 13.9. The minimum absolute atomic E-state index is 0.154. The molecule has 0 radical (unpaired) electrons. The molecule has 1 saturated heterocycles. The Balaban J connectivity index is 1.04. The maximum atomic E-state index is 13.9. The minimum Gasteiger partial charge on any atom is -0.493 e. The van der Waals surface area contributed by atoms with Gasteiger partial charge in [0.2, 0.25) is 0 Å². The molecule has 2 N–H and O–H groups in total.